The van der Waals surface area contributed by atoms with Crippen LogP contribution in [0.4, 0.5) is 0 Å². The number of sulfonamides is 1. The highest BCUT2D eigenvalue weighted by molar-refractivity contribution is 7.89. The molecule has 0 unspecified atom stereocenters. The van der Waals surface area contributed by atoms with Crippen LogP contribution in [-0.4, -0.2) is 41.7 Å². The maximum Gasteiger partial charge on any atom is 0.260 e. The maximum absolute atomic E-state index is 11.8. The van der Waals surface area contributed by atoms with Crippen LogP contribution in [0.25, 0.3) is 0 Å². The minimum atomic E-state index is -3.69. The molecule has 8 heteroatoms. The normalized spacial score (nSPS) is 11.9. The average Bonchev–Trinajstić information content (AvgIpc) is 2.66. The number of nitrogens with two attached hydrogens (primary N) is 1. The maximum atomic E-state index is 11.8. The second-order valence-corrected chi connectivity index (χ2v) is 4.72. The van der Waals surface area contributed by atoms with Gasteiger partial charge in [0, 0.05) is 6.54 Å². The van der Waals surface area contributed by atoms with Crippen LogP contribution < -0.4 is 5.73 Å². The number of aromatic amines is 1. The number of hydrogen-bond donors (Lipinski definition) is 2. The van der Waals surface area contributed by atoms with Crippen molar-refractivity contribution in [2.75, 3.05) is 13.1 Å². The van der Waals surface area contributed by atoms with Crippen molar-refractivity contribution < 1.29 is 13.2 Å². The molecule has 0 aliphatic rings. The van der Waals surface area contributed by atoms with Crippen molar-refractivity contribution in [1.29, 1.82) is 0 Å². The van der Waals surface area contributed by atoms with Crippen LogP contribution in [0.5, 0.6) is 0 Å². The van der Waals surface area contributed by atoms with E-state index in [0.717, 1.165) is 4.31 Å². The predicted octanol–water partition coefficient (Wildman–Crippen LogP) is -1.09. The topological polar surface area (TPSA) is 109 Å². The standard InChI is InChI=1S/C7H12N4O3S/c1-2-11(4-6(8)12)15(13,14)7-3-9-5-10-7/h3,5H,2,4H2,1H3,(H2,8,12)(H,9,10). The number of nitrogens with zero attached hydrogens (tertiary/aromatic N) is 2. The van der Waals surface area contributed by atoms with Gasteiger partial charge in [0.15, 0.2) is 5.03 Å². The van der Waals surface area contributed by atoms with E-state index in [1.807, 2.05) is 0 Å². The van der Waals surface area contributed by atoms with Crippen molar-refractivity contribution in [2.45, 2.75) is 11.9 Å². The number of primary amides is 1. The van der Waals surface area contributed by atoms with E-state index >= 15 is 0 Å². The first-order chi connectivity index (χ1) is 6.98. The Kier molecular flexibility index (Phi) is 3.43. The second-order valence-electron chi connectivity index (χ2n) is 2.81. The quantitative estimate of drug-likeness (QED) is 0.671. The lowest BCUT2D eigenvalue weighted by Gasteiger charge is -2.17. The van der Waals surface area contributed by atoms with Crippen LogP contribution in [0.15, 0.2) is 17.6 Å². The van der Waals surface area contributed by atoms with E-state index in [4.69, 9.17) is 5.73 Å². The summed E-state index contributed by atoms with van der Waals surface area (Å²) in [4.78, 5) is 16.8. The third-order valence-electron chi connectivity index (χ3n) is 1.78. The molecule has 1 rings (SSSR count). The molecule has 0 aromatic carbocycles. The van der Waals surface area contributed by atoms with E-state index in [1.54, 1.807) is 6.92 Å². The molecular weight excluding hydrogens is 220 g/mol. The van der Waals surface area contributed by atoms with E-state index in [0.29, 0.717) is 0 Å². The summed E-state index contributed by atoms with van der Waals surface area (Å²) in [7, 11) is -3.69. The largest absolute Gasteiger partial charge is 0.369 e. The molecular formula is C7H12N4O3S. The summed E-state index contributed by atoms with van der Waals surface area (Å²) < 4.78 is 24.6. The smallest absolute Gasteiger partial charge is 0.260 e. The van der Waals surface area contributed by atoms with E-state index in [1.165, 1.54) is 12.5 Å². The molecule has 3 N–H and O–H groups in total. The van der Waals surface area contributed by atoms with Crippen LogP contribution in [0, 0.1) is 0 Å². The summed E-state index contributed by atoms with van der Waals surface area (Å²) in [6.07, 6.45) is 2.43. The highest BCUT2D eigenvalue weighted by Gasteiger charge is 2.25. The van der Waals surface area contributed by atoms with Gasteiger partial charge < -0.3 is 10.7 Å². The number of aromatic nitrogens is 2. The molecule has 0 atom stereocenters. The second kappa shape index (κ2) is 4.41. The third-order valence-corrected chi connectivity index (χ3v) is 3.62. The summed E-state index contributed by atoms with van der Waals surface area (Å²) >= 11 is 0. The van der Waals surface area contributed by atoms with Gasteiger partial charge in [-0.2, -0.15) is 4.31 Å². The van der Waals surface area contributed by atoms with Gasteiger partial charge in [-0.25, -0.2) is 13.4 Å². The number of carbonyl (C=O) groups excluding carboxylic acids is 1. The Morgan fingerprint density at radius 2 is 2.33 bits per heavy atom. The highest BCUT2D eigenvalue weighted by atomic mass is 32.2. The van der Waals surface area contributed by atoms with Crippen molar-refractivity contribution >= 4 is 15.9 Å². The van der Waals surface area contributed by atoms with E-state index < -0.39 is 15.9 Å². The summed E-state index contributed by atoms with van der Waals surface area (Å²) in [5, 5.41) is -0.0504. The number of rotatable bonds is 5. The lowest BCUT2D eigenvalue weighted by molar-refractivity contribution is -0.118. The molecule has 84 valence electrons. The zero-order valence-corrected chi connectivity index (χ0v) is 8.99. The fraction of sp³-hybridized carbons (Fsp3) is 0.429. The molecule has 1 amide bonds. The number of imidazole rings is 1. The SMILES string of the molecule is CCN(CC(N)=O)S(=O)(=O)c1cnc[nH]1. The molecule has 1 aromatic rings. The van der Waals surface area contributed by atoms with Gasteiger partial charge in [-0.05, 0) is 0 Å². The fourth-order valence-electron chi connectivity index (χ4n) is 1.06. The van der Waals surface area contributed by atoms with Crippen molar-refractivity contribution in [3.05, 3.63) is 12.5 Å². The third kappa shape index (κ3) is 2.54. The number of carbonyl (C=O) groups is 1. The van der Waals surface area contributed by atoms with Gasteiger partial charge in [-0.15, -0.1) is 0 Å². The number of likely N-dealkylation sites (N-methyl/N-ethyl adjacent to an activating group) is 1. The molecule has 1 heterocycles. The van der Waals surface area contributed by atoms with Gasteiger partial charge >= 0.3 is 0 Å². The Hall–Kier alpha value is -1.41. The average molecular weight is 232 g/mol. The van der Waals surface area contributed by atoms with Crippen LogP contribution in [-0.2, 0) is 14.8 Å². The monoisotopic (exact) mass is 232 g/mol. The number of H-pyrrole nitrogens is 1. The Bertz CT molecular complexity index is 425. The van der Waals surface area contributed by atoms with Gasteiger partial charge in [-0.3, -0.25) is 4.79 Å². The molecule has 7 nitrogen and oxygen atoms in total. The molecule has 1 aromatic heterocycles. The number of amides is 1. The van der Waals surface area contributed by atoms with Crippen molar-refractivity contribution in [2.24, 2.45) is 5.73 Å². The summed E-state index contributed by atoms with van der Waals surface area (Å²) in [6, 6.07) is 0. The van der Waals surface area contributed by atoms with Gasteiger partial charge in [0.25, 0.3) is 10.0 Å². The summed E-state index contributed by atoms with van der Waals surface area (Å²) in [6.45, 7) is 1.46. The minimum Gasteiger partial charge on any atom is -0.369 e. The van der Waals surface area contributed by atoms with Crippen LogP contribution >= 0.6 is 0 Å². The van der Waals surface area contributed by atoms with Crippen molar-refractivity contribution in [3.63, 3.8) is 0 Å². The zero-order chi connectivity index (χ0) is 11.5. The van der Waals surface area contributed by atoms with Crippen LogP contribution in [0.3, 0.4) is 0 Å². The first-order valence-corrected chi connectivity index (χ1v) is 5.69. The molecule has 0 saturated carbocycles. The lowest BCUT2D eigenvalue weighted by Crippen LogP contribution is -2.38. The first-order valence-electron chi connectivity index (χ1n) is 4.25. The molecule has 0 saturated heterocycles. The Morgan fingerprint density at radius 1 is 1.67 bits per heavy atom. The molecule has 0 fully saturated rings. The van der Waals surface area contributed by atoms with E-state index in [-0.39, 0.29) is 18.1 Å². The van der Waals surface area contributed by atoms with Crippen LogP contribution in [0.1, 0.15) is 6.92 Å². The van der Waals surface area contributed by atoms with Crippen molar-refractivity contribution in [3.8, 4) is 0 Å². The molecule has 0 radical (unpaired) electrons. The van der Waals surface area contributed by atoms with Crippen molar-refractivity contribution in [1.82, 2.24) is 14.3 Å². The molecule has 0 bridgehead atoms. The van der Waals surface area contributed by atoms with Crippen LogP contribution in [0.2, 0.25) is 0 Å². The predicted molar refractivity (Wildman–Crippen MR) is 52.2 cm³/mol. The Balaban J connectivity index is 2.98. The first kappa shape index (κ1) is 11.7. The number of nitrogens with one attached hydrogen (secondary N) is 1. The van der Waals surface area contributed by atoms with Gasteiger partial charge in [0.2, 0.25) is 5.91 Å². The molecule has 15 heavy (non-hydrogen) atoms. The van der Waals surface area contributed by atoms with E-state index in [9.17, 15) is 13.2 Å². The molecule has 0 aliphatic heterocycles. The van der Waals surface area contributed by atoms with Gasteiger partial charge in [0.1, 0.15) is 0 Å². The molecule has 0 spiro atoms. The summed E-state index contributed by atoms with van der Waals surface area (Å²) in [5.41, 5.74) is 4.95. The summed E-state index contributed by atoms with van der Waals surface area (Å²) in [5.74, 6) is -0.694. The Morgan fingerprint density at radius 3 is 2.73 bits per heavy atom. The minimum absolute atomic E-state index is 0.0504. The van der Waals surface area contributed by atoms with E-state index in [2.05, 4.69) is 9.97 Å². The van der Waals surface area contributed by atoms with Gasteiger partial charge in [0.05, 0.1) is 19.1 Å². The fourth-order valence-corrected chi connectivity index (χ4v) is 2.37. The van der Waals surface area contributed by atoms with Gasteiger partial charge in [-0.1, -0.05) is 6.92 Å². The highest BCUT2D eigenvalue weighted by Crippen LogP contribution is 2.10. The zero-order valence-electron chi connectivity index (χ0n) is 8.17. The lowest BCUT2D eigenvalue weighted by atomic mass is 10.6. The Labute approximate surface area is 87.3 Å². The molecule has 0 aliphatic carbocycles. The number of hydrogen-bond acceptors (Lipinski definition) is 4.